The molecule has 0 fully saturated rings. The lowest BCUT2D eigenvalue weighted by Crippen LogP contribution is -2.05. The molecular weight excluding hydrogens is 190 g/mol. The van der Waals surface area contributed by atoms with Gasteiger partial charge in [0.25, 0.3) is 0 Å². The van der Waals surface area contributed by atoms with Gasteiger partial charge in [0.15, 0.2) is 11.5 Å². The summed E-state index contributed by atoms with van der Waals surface area (Å²) in [5.41, 5.74) is 6.76. The second kappa shape index (κ2) is 5.28. The standard InChI is InChI=1S/C12H15NO2/c1-4-7-15-11-6-5-10(9(2)13)8-12(11)14-3/h1,5-6,8-9H,7,13H2,2-3H3/t9-/m0/s1. The summed E-state index contributed by atoms with van der Waals surface area (Å²) in [6.07, 6.45) is 5.11. The Morgan fingerprint density at radius 3 is 2.73 bits per heavy atom. The molecule has 0 aliphatic heterocycles. The smallest absolute Gasteiger partial charge is 0.162 e. The van der Waals surface area contributed by atoms with Gasteiger partial charge in [-0.2, -0.15) is 0 Å². The van der Waals surface area contributed by atoms with E-state index in [1.165, 1.54) is 0 Å². The molecule has 0 spiro atoms. The minimum Gasteiger partial charge on any atom is -0.493 e. The van der Waals surface area contributed by atoms with Gasteiger partial charge in [-0.25, -0.2) is 0 Å². The number of terminal acetylenes is 1. The molecule has 1 rings (SSSR count). The largest absolute Gasteiger partial charge is 0.493 e. The molecule has 0 aliphatic carbocycles. The molecule has 3 nitrogen and oxygen atoms in total. The van der Waals surface area contributed by atoms with Gasteiger partial charge in [0.2, 0.25) is 0 Å². The van der Waals surface area contributed by atoms with Crippen molar-refractivity contribution >= 4 is 0 Å². The maximum absolute atomic E-state index is 5.76. The van der Waals surface area contributed by atoms with E-state index in [0.29, 0.717) is 11.5 Å². The first-order valence-electron chi connectivity index (χ1n) is 4.68. The lowest BCUT2D eigenvalue weighted by molar-refractivity contribution is 0.330. The monoisotopic (exact) mass is 205 g/mol. The van der Waals surface area contributed by atoms with Gasteiger partial charge in [0.05, 0.1) is 7.11 Å². The predicted octanol–water partition coefficient (Wildman–Crippen LogP) is 1.73. The summed E-state index contributed by atoms with van der Waals surface area (Å²) >= 11 is 0. The Balaban J connectivity index is 2.94. The lowest BCUT2D eigenvalue weighted by atomic mass is 10.1. The number of rotatable bonds is 4. The zero-order valence-electron chi connectivity index (χ0n) is 8.99. The van der Waals surface area contributed by atoms with Crippen molar-refractivity contribution in [1.29, 1.82) is 0 Å². The second-order valence-electron chi connectivity index (χ2n) is 3.19. The van der Waals surface area contributed by atoms with Crippen LogP contribution in [0.15, 0.2) is 18.2 Å². The topological polar surface area (TPSA) is 44.5 Å². The van der Waals surface area contributed by atoms with Crippen molar-refractivity contribution in [3.63, 3.8) is 0 Å². The Morgan fingerprint density at radius 2 is 2.20 bits per heavy atom. The minimum absolute atomic E-state index is 0.0272. The third-order valence-corrected chi connectivity index (χ3v) is 2.02. The van der Waals surface area contributed by atoms with Crippen LogP contribution >= 0.6 is 0 Å². The predicted molar refractivity (Wildman–Crippen MR) is 59.9 cm³/mol. The van der Waals surface area contributed by atoms with Crippen LogP contribution in [0.2, 0.25) is 0 Å². The van der Waals surface area contributed by atoms with Gasteiger partial charge in [0, 0.05) is 6.04 Å². The summed E-state index contributed by atoms with van der Waals surface area (Å²) in [5, 5.41) is 0. The maximum atomic E-state index is 5.76. The van der Waals surface area contributed by atoms with Crippen molar-refractivity contribution in [2.24, 2.45) is 5.73 Å². The molecule has 0 aromatic heterocycles. The Kier molecular flexibility index (Phi) is 4.02. The Hall–Kier alpha value is -1.66. The first-order valence-corrected chi connectivity index (χ1v) is 4.68. The molecule has 0 aliphatic rings. The van der Waals surface area contributed by atoms with Gasteiger partial charge in [-0.1, -0.05) is 12.0 Å². The van der Waals surface area contributed by atoms with Crippen molar-refractivity contribution in [2.75, 3.05) is 13.7 Å². The molecule has 3 heteroatoms. The van der Waals surface area contributed by atoms with Crippen LogP contribution in [0.1, 0.15) is 18.5 Å². The molecule has 15 heavy (non-hydrogen) atoms. The van der Waals surface area contributed by atoms with E-state index < -0.39 is 0 Å². The van der Waals surface area contributed by atoms with Crippen molar-refractivity contribution in [2.45, 2.75) is 13.0 Å². The zero-order chi connectivity index (χ0) is 11.3. The van der Waals surface area contributed by atoms with E-state index >= 15 is 0 Å². The second-order valence-corrected chi connectivity index (χ2v) is 3.19. The van der Waals surface area contributed by atoms with Crippen molar-refractivity contribution in [3.05, 3.63) is 23.8 Å². The van der Waals surface area contributed by atoms with Gasteiger partial charge in [-0.15, -0.1) is 6.42 Å². The first-order chi connectivity index (χ1) is 7.19. The molecule has 1 atom stereocenters. The highest BCUT2D eigenvalue weighted by atomic mass is 16.5. The number of benzene rings is 1. The fourth-order valence-electron chi connectivity index (χ4n) is 1.21. The average molecular weight is 205 g/mol. The number of ether oxygens (including phenoxy) is 2. The number of nitrogens with two attached hydrogens (primary N) is 1. The molecule has 0 saturated heterocycles. The van der Waals surface area contributed by atoms with E-state index in [0.717, 1.165) is 5.56 Å². The van der Waals surface area contributed by atoms with Crippen molar-refractivity contribution in [3.8, 4) is 23.8 Å². The number of hydrogen-bond donors (Lipinski definition) is 1. The van der Waals surface area contributed by atoms with E-state index in [2.05, 4.69) is 5.92 Å². The van der Waals surface area contributed by atoms with Crippen LogP contribution in [0.4, 0.5) is 0 Å². The highest BCUT2D eigenvalue weighted by molar-refractivity contribution is 5.43. The fraction of sp³-hybridized carbons (Fsp3) is 0.333. The molecule has 0 heterocycles. The summed E-state index contributed by atoms with van der Waals surface area (Å²) in [4.78, 5) is 0. The van der Waals surface area contributed by atoms with Crippen molar-refractivity contribution < 1.29 is 9.47 Å². The Morgan fingerprint density at radius 1 is 1.47 bits per heavy atom. The molecule has 1 aromatic rings. The highest BCUT2D eigenvalue weighted by Crippen LogP contribution is 2.29. The zero-order valence-corrected chi connectivity index (χ0v) is 8.99. The summed E-state index contributed by atoms with van der Waals surface area (Å²) in [6, 6.07) is 5.55. The van der Waals surface area contributed by atoms with Crippen LogP contribution in [-0.2, 0) is 0 Å². The van der Waals surface area contributed by atoms with E-state index in [4.69, 9.17) is 21.6 Å². The molecule has 80 valence electrons. The number of methoxy groups -OCH3 is 1. The molecule has 0 amide bonds. The van der Waals surface area contributed by atoms with Crippen LogP contribution in [0, 0.1) is 12.3 Å². The number of hydrogen-bond acceptors (Lipinski definition) is 3. The van der Waals surface area contributed by atoms with Gasteiger partial charge in [0.1, 0.15) is 6.61 Å². The Labute approximate surface area is 90.2 Å². The van der Waals surface area contributed by atoms with Crippen LogP contribution in [0.3, 0.4) is 0 Å². The Bertz CT molecular complexity index is 366. The lowest BCUT2D eigenvalue weighted by Gasteiger charge is -2.12. The molecule has 2 N–H and O–H groups in total. The van der Waals surface area contributed by atoms with Crippen molar-refractivity contribution in [1.82, 2.24) is 0 Å². The molecule has 0 saturated carbocycles. The maximum Gasteiger partial charge on any atom is 0.162 e. The molecular formula is C12H15NO2. The first kappa shape index (κ1) is 11.4. The molecule has 0 bridgehead atoms. The molecule has 0 radical (unpaired) electrons. The summed E-state index contributed by atoms with van der Waals surface area (Å²) in [6.45, 7) is 2.14. The quantitative estimate of drug-likeness (QED) is 0.761. The average Bonchev–Trinajstić information content (AvgIpc) is 2.25. The van der Waals surface area contributed by atoms with E-state index in [-0.39, 0.29) is 12.6 Å². The van der Waals surface area contributed by atoms with E-state index in [1.54, 1.807) is 7.11 Å². The SMILES string of the molecule is C#CCOc1ccc([C@H](C)N)cc1OC. The summed E-state index contributed by atoms with van der Waals surface area (Å²) < 4.78 is 10.5. The van der Waals surface area contributed by atoms with Crippen LogP contribution in [0.5, 0.6) is 11.5 Å². The van der Waals surface area contributed by atoms with Gasteiger partial charge in [-0.05, 0) is 24.6 Å². The van der Waals surface area contributed by atoms with E-state index in [9.17, 15) is 0 Å². The van der Waals surface area contributed by atoms with Crippen LogP contribution < -0.4 is 15.2 Å². The third-order valence-electron chi connectivity index (χ3n) is 2.02. The van der Waals surface area contributed by atoms with Gasteiger partial charge < -0.3 is 15.2 Å². The van der Waals surface area contributed by atoms with Crippen LogP contribution in [0.25, 0.3) is 0 Å². The summed E-state index contributed by atoms with van der Waals surface area (Å²) in [5.74, 6) is 3.69. The summed E-state index contributed by atoms with van der Waals surface area (Å²) in [7, 11) is 1.59. The third kappa shape index (κ3) is 2.90. The molecule has 0 unspecified atom stereocenters. The van der Waals surface area contributed by atoms with Crippen LogP contribution in [-0.4, -0.2) is 13.7 Å². The normalized spacial score (nSPS) is 11.6. The highest BCUT2D eigenvalue weighted by Gasteiger charge is 2.07. The van der Waals surface area contributed by atoms with Gasteiger partial charge in [-0.3, -0.25) is 0 Å². The van der Waals surface area contributed by atoms with E-state index in [1.807, 2.05) is 25.1 Å². The molecule has 1 aromatic carbocycles. The van der Waals surface area contributed by atoms with Gasteiger partial charge >= 0.3 is 0 Å². The minimum atomic E-state index is -0.0272. The fourth-order valence-corrected chi connectivity index (χ4v) is 1.21.